The van der Waals surface area contributed by atoms with Crippen molar-refractivity contribution in [2.24, 2.45) is 0 Å². The van der Waals surface area contributed by atoms with Gasteiger partial charge in [-0.25, -0.2) is 12.7 Å². The van der Waals surface area contributed by atoms with Gasteiger partial charge in [0, 0.05) is 39.3 Å². The lowest BCUT2D eigenvalue weighted by Gasteiger charge is -2.16. The minimum Gasteiger partial charge on any atom is -0.448 e. The van der Waals surface area contributed by atoms with Gasteiger partial charge in [-0.15, -0.1) is 12.4 Å². The molecule has 26 heavy (non-hydrogen) atoms. The molecule has 2 N–H and O–H groups in total. The van der Waals surface area contributed by atoms with Crippen LogP contribution in [-0.4, -0.2) is 51.9 Å². The van der Waals surface area contributed by atoms with Crippen LogP contribution in [0.15, 0.2) is 15.6 Å². The van der Waals surface area contributed by atoms with Gasteiger partial charge in [-0.2, -0.15) is 0 Å². The zero-order valence-electron chi connectivity index (χ0n) is 15.7. The SMILES string of the molecule is Cc1oc(S(=O)(=O)N(C)C)cc1C(=O)NCCNC1CCCCCC1.Cl. The van der Waals surface area contributed by atoms with E-state index in [0.717, 1.165) is 4.31 Å². The summed E-state index contributed by atoms with van der Waals surface area (Å²) in [6.45, 7) is 2.79. The number of carbonyl (C=O) groups excluding carboxylic acids is 1. The second kappa shape index (κ2) is 10.3. The highest BCUT2D eigenvalue weighted by atomic mass is 35.5. The van der Waals surface area contributed by atoms with Gasteiger partial charge < -0.3 is 15.1 Å². The molecule has 1 heterocycles. The normalized spacial score (nSPS) is 16.2. The number of carbonyl (C=O) groups is 1. The van der Waals surface area contributed by atoms with Crippen LogP contribution in [0.1, 0.15) is 54.6 Å². The van der Waals surface area contributed by atoms with Crippen LogP contribution >= 0.6 is 12.4 Å². The van der Waals surface area contributed by atoms with Crippen molar-refractivity contribution in [2.45, 2.75) is 56.6 Å². The summed E-state index contributed by atoms with van der Waals surface area (Å²) in [6, 6.07) is 1.82. The van der Waals surface area contributed by atoms with Crippen LogP contribution in [0.3, 0.4) is 0 Å². The highest BCUT2D eigenvalue weighted by Gasteiger charge is 2.25. The Hall–Kier alpha value is -1.09. The summed E-state index contributed by atoms with van der Waals surface area (Å²) in [7, 11) is -0.835. The molecule has 0 aliphatic heterocycles. The largest absolute Gasteiger partial charge is 0.448 e. The number of hydrogen-bond donors (Lipinski definition) is 2. The zero-order valence-corrected chi connectivity index (χ0v) is 17.3. The number of halogens is 1. The molecule has 0 unspecified atom stereocenters. The third-order valence-corrected chi connectivity index (χ3v) is 6.24. The van der Waals surface area contributed by atoms with Gasteiger partial charge in [0.25, 0.3) is 15.9 Å². The van der Waals surface area contributed by atoms with E-state index >= 15 is 0 Å². The summed E-state index contributed by atoms with van der Waals surface area (Å²) in [6.07, 6.45) is 7.55. The molecule has 1 aliphatic carbocycles. The number of furan rings is 1. The third-order valence-electron chi connectivity index (χ3n) is 4.57. The molecule has 0 radical (unpaired) electrons. The first-order chi connectivity index (χ1) is 11.8. The molecular formula is C17H30ClN3O4S. The van der Waals surface area contributed by atoms with Crippen molar-refractivity contribution in [2.75, 3.05) is 27.2 Å². The number of sulfonamides is 1. The van der Waals surface area contributed by atoms with E-state index in [1.54, 1.807) is 6.92 Å². The van der Waals surface area contributed by atoms with Crippen molar-refractivity contribution < 1.29 is 17.6 Å². The predicted molar refractivity (Wildman–Crippen MR) is 103 cm³/mol. The summed E-state index contributed by atoms with van der Waals surface area (Å²) in [4.78, 5) is 12.3. The van der Waals surface area contributed by atoms with E-state index in [0.29, 0.717) is 24.9 Å². The van der Waals surface area contributed by atoms with Gasteiger partial charge >= 0.3 is 0 Å². The van der Waals surface area contributed by atoms with Crippen LogP contribution in [0.4, 0.5) is 0 Å². The fourth-order valence-electron chi connectivity index (χ4n) is 3.02. The van der Waals surface area contributed by atoms with Gasteiger partial charge in [-0.1, -0.05) is 25.7 Å². The van der Waals surface area contributed by atoms with E-state index in [4.69, 9.17) is 4.42 Å². The summed E-state index contributed by atoms with van der Waals surface area (Å²) < 4.78 is 30.5. The molecule has 0 spiro atoms. The van der Waals surface area contributed by atoms with Crippen LogP contribution in [0.5, 0.6) is 0 Å². The summed E-state index contributed by atoms with van der Waals surface area (Å²) in [5, 5.41) is 6.09. The quantitative estimate of drug-likeness (QED) is 0.534. The van der Waals surface area contributed by atoms with Crippen LogP contribution < -0.4 is 10.6 Å². The molecule has 1 fully saturated rings. The van der Waals surface area contributed by atoms with Crippen molar-refractivity contribution >= 4 is 28.3 Å². The minimum atomic E-state index is -3.68. The lowest BCUT2D eigenvalue weighted by atomic mass is 10.1. The molecule has 0 atom stereocenters. The fraction of sp³-hybridized carbons (Fsp3) is 0.706. The molecule has 1 amide bonds. The molecular weight excluding hydrogens is 378 g/mol. The van der Waals surface area contributed by atoms with Gasteiger partial charge in [0.1, 0.15) is 5.76 Å². The molecule has 0 bridgehead atoms. The van der Waals surface area contributed by atoms with Gasteiger partial charge in [0.2, 0.25) is 5.09 Å². The Balaban J connectivity index is 0.00000338. The topological polar surface area (TPSA) is 91.7 Å². The number of hydrogen-bond acceptors (Lipinski definition) is 5. The van der Waals surface area contributed by atoms with Crippen LogP contribution in [-0.2, 0) is 10.0 Å². The maximum absolute atomic E-state index is 12.3. The maximum Gasteiger partial charge on any atom is 0.275 e. The Morgan fingerprint density at radius 2 is 1.81 bits per heavy atom. The second-order valence-electron chi connectivity index (χ2n) is 6.72. The first-order valence-corrected chi connectivity index (χ1v) is 10.3. The van der Waals surface area contributed by atoms with Gasteiger partial charge in [-0.05, 0) is 19.8 Å². The lowest BCUT2D eigenvalue weighted by Crippen LogP contribution is -2.36. The molecule has 2 rings (SSSR count). The molecule has 1 aliphatic rings. The molecule has 1 aromatic heterocycles. The van der Waals surface area contributed by atoms with Crippen molar-refractivity contribution in [1.29, 1.82) is 0 Å². The van der Waals surface area contributed by atoms with E-state index in [9.17, 15) is 13.2 Å². The summed E-state index contributed by atoms with van der Waals surface area (Å²) in [5.41, 5.74) is 0.259. The summed E-state index contributed by atoms with van der Waals surface area (Å²) >= 11 is 0. The fourth-order valence-corrected chi connectivity index (χ4v) is 3.88. The van der Waals surface area contributed by atoms with Crippen molar-refractivity contribution in [3.8, 4) is 0 Å². The monoisotopic (exact) mass is 407 g/mol. The zero-order chi connectivity index (χ0) is 18.4. The number of amides is 1. The molecule has 7 nitrogen and oxygen atoms in total. The number of nitrogens with one attached hydrogen (secondary N) is 2. The highest BCUT2D eigenvalue weighted by molar-refractivity contribution is 7.88. The predicted octanol–water partition coefficient (Wildman–Crippen LogP) is 2.30. The Bertz CT molecular complexity index is 680. The van der Waals surface area contributed by atoms with E-state index in [1.165, 1.54) is 58.7 Å². The Labute approximate surface area is 162 Å². The summed E-state index contributed by atoms with van der Waals surface area (Å²) in [5.74, 6) is -0.0150. The third kappa shape index (κ3) is 5.97. The second-order valence-corrected chi connectivity index (χ2v) is 8.80. The number of nitrogens with zero attached hydrogens (tertiary/aromatic N) is 1. The Morgan fingerprint density at radius 1 is 1.19 bits per heavy atom. The van der Waals surface area contributed by atoms with E-state index in [1.807, 2.05) is 0 Å². The molecule has 150 valence electrons. The van der Waals surface area contributed by atoms with Gasteiger partial charge in [-0.3, -0.25) is 4.79 Å². The molecule has 1 saturated carbocycles. The van der Waals surface area contributed by atoms with Crippen LogP contribution in [0.25, 0.3) is 0 Å². The molecule has 1 aromatic rings. The van der Waals surface area contributed by atoms with E-state index in [2.05, 4.69) is 10.6 Å². The van der Waals surface area contributed by atoms with E-state index in [-0.39, 0.29) is 29.0 Å². The maximum atomic E-state index is 12.3. The average molecular weight is 408 g/mol. The first kappa shape index (κ1) is 23.0. The van der Waals surface area contributed by atoms with Crippen LogP contribution in [0, 0.1) is 6.92 Å². The lowest BCUT2D eigenvalue weighted by molar-refractivity contribution is 0.0952. The van der Waals surface area contributed by atoms with E-state index < -0.39 is 10.0 Å². The van der Waals surface area contributed by atoms with Gasteiger partial charge in [0.15, 0.2) is 0 Å². The van der Waals surface area contributed by atoms with Crippen molar-refractivity contribution in [3.63, 3.8) is 0 Å². The van der Waals surface area contributed by atoms with Gasteiger partial charge in [0.05, 0.1) is 5.56 Å². The van der Waals surface area contributed by atoms with Crippen LogP contribution in [0.2, 0.25) is 0 Å². The Kier molecular flexibility index (Phi) is 9.09. The Morgan fingerprint density at radius 3 is 2.38 bits per heavy atom. The first-order valence-electron chi connectivity index (χ1n) is 8.87. The number of aryl methyl sites for hydroxylation is 1. The molecule has 9 heteroatoms. The average Bonchev–Trinajstić information content (AvgIpc) is 2.79. The molecule has 0 saturated heterocycles. The van der Waals surface area contributed by atoms with Crippen molar-refractivity contribution in [1.82, 2.24) is 14.9 Å². The molecule has 0 aromatic carbocycles. The van der Waals surface area contributed by atoms with Crippen molar-refractivity contribution in [3.05, 3.63) is 17.4 Å². The minimum absolute atomic E-state index is 0. The smallest absolute Gasteiger partial charge is 0.275 e. The number of rotatable bonds is 7. The highest BCUT2D eigenvalue weighted by Crippen LogP contribution is 2.21. The standard InChI is InChI=1S/C17H29N3O4S.ClH/c1-13-15(12-16(24-13)25(22,23)20(2)3)17(21)19-11-10-18-14-8-6-4-5-7-9-14;/h12,14,18H,4-11H2,1-3H3,(H,19,21);1H.